The molecule has 2 aliphatic heterocycles. The largest absolute Gasteiger partial charge is 0.477 e. The molecule has 4 amide bonds. The lowest BCUT2D eigenvalue weighted by atomic mass is 10.0. The minimum atomic E-state index is -1.52. The zero-order valence-electron chi connectivity index (χ0n) is 32.3. The number of nitrogens with zero attached hydrogens (tertiary/aromatic N) is 3. The molecule has 59 heavy (non-hydrogen) atoms. The fourth-order valence-corrected chi connectivity index (χ4v) is 7.62. The monoisotopic (exact) mass is 852 g/mol. The van der Waals surface area contributed by atoms with Gasteiger partial charge in [-0.2, -0.15) is 0 Å². The first kappa shape index (κ1) is 43.6. The number of esters is 2. The summed E-state index contributed by atoms with van der Waals surface area (Å²) in [4.78, 5) is 99.3. The van der Waals surface area contributed by atoms with E-state index in [1.54, 1.807) is 69.3 Å². The first-order chi connectivity index (χ1) is 28.1. The Morgan fingerprint density at radius 3 is 2.20 bits per heavy atom. The number of rotatable bonds is 15. The molecule has 1 fully saturated rings. The molecule has 1 unspecified atom stereocenters. The number of hydrogen-bond acceptors (Lipinski definition) is 16. The lowest BCUT2D eigenvalue weighted by Gasteiger charge is -2.49. The Labute approximate surface area is 345 Å². The van der Waals surface area contributed by atoms with Crippen LogP contribution in [0.3, 0.4) is 0 Å². The number of oxime groups is 1. The van der Waals surface area contributed by atoms with Gasteiger partial charge in [-0.3, -0.25) is 24.6 Å². The van der Waals surface area contributed by atoms with E-state index in [0.717, 1.165) is 16.2 Å². The lowest BCUT2D eigenvalue weighted by molar-refractivity contribution is -0.151. The molecule has 19 nitrogen and oxygen atoms in total. The maximum atomic E-state index is 13.6. The Morgan fingerprint density at radius 2 is 1.63 bits per heavy atom. The molecule has 0 bridgehead atoms. The minimum Gasteiger partial charge on any atom is -0.477 e. The third-order valence-corrected chi connectivity index (χ3v) is 10.2. The third-order valence-electron chi connectivity index (χ3n) is 8.13. The molecule has 21 heteroatoms. The molecule has 312 valence electrons. The number of carboxylic acids is 1. The number of ether oxygens (including phenoxy) is 4. The number of fused-ring (bicyclic) bond motifs is 1. The molecular weight excluding hydrogens is 813 g/mol. The van der Waals surface area contributed by atoms with E-state index in [0.29, 0.717) is 11.1 Å². The van der Waals surface area contributed by atoms with Crippen LogP contribution in [0, 0.1) is 0 Å². The molecule has 0 spiro atoms. The van der Waals surface area contributed by atoms with Crippen LogP contribution >= 0.6 is 23.1 Å². The number of carbonyl (C=O) groups excluding carboxylic acids is 6. The third kappa shape index (κ3) is 11.3. The van der Waals surface area contributed by atoms with E-state index >= 15 is 0 Å². The van der Waals surface area contributed by atoms with Crippen molar-refractivity contribution in [2.75, 3.05) is 31.4 Å². The second-order valence-corrected chi connectivity index (χ2v) is 15.6. The molecule has 4 N–H and O–H groups in total. The highest BCUT2D eigenvalue weighted by atomic mass is 32.2. The van der Waals surface area contributed by atoms with Crippen LogP contribution in [0.4, 0.5) is 14.7 Å². The fraction of sp³-hybridized carbons (Fsp3) is 0.342. The molecule has 1 saturated heterocycles. The summed E-state index contributed by atoms with van der Waals surface area (Å²) < 4.78 is 21.5. The van der Waals surface area contributed by atoms with Crippen molar-refractivity contribution < 1.29 is 62.5 Å². The van der Waals surface area contributed by atoms with Crippen molar-refractivity contribution in [1.29, 1.82) is 0 Å². The van der Waals surface area contributed by atoms with Gasteiger partial charge in [-0.25, -0.2) is 24.2 Å². The second kappa shape index (κ2) is 19.3. The topological polar surface area (TPSA) is 250 Å². The molecule has 2 aromatic carbocycles. The van der Waals surface area contributed by atoms with Crippen molar-refractivity contribution in [3.8, 4) is 0 Å². The quantitative estimate of drug-likeness (QED) is 0.0561. The summed E-state index contributed by atoms with van der Waals surface area (Å²) in [6, 6.07) is 15.2. The number of carboxylic acid groups (broad SMARTS) is 1. The normalized spacial score (nSPS) is 16.8. The molecule has 1 aromatic heterocycles. The van der Waals surface area contributed by atoms with Crippen molar-refractivity contribution in [3.05, 3.63) is 94.1 Å². The van der Waals surface area contributed by atoms with Crippen LogP contribution in [-0.2, 0) is 47.8 Å². The van der Waals surface area contributed by atoms with Crippen molar-refractivity contribution in [1.82, 2.24) is 20.5 Å². The Balaban J connectivity index is 1.24. The van der Waals surface area contributed by atoms with Crippen LogP contribution in [0.25, 0.3) is 0 Å². The SMILES string of the molecule is CO/N=C(/C(=O)N[C@@H]1C(=O)N2C(C(=O)O)=C(COC(C)=O)CS[C@H]12)c1csc(NC(=O)OCC(NC(=O)OC(C)(C)C)C(=O)OC(c2ccccc2)c2ccccc2)n1. The Morgan fingerprint density at radius 1 is 0.983 bits per heavy atom. The van der Waals surface area contributed by atoms with E-state index in [4.69, 9.17) is 23.8 Å². The smallest absolute Gasteiger partial charge is 0.413 e. The van der Waals surface area contributed by atoms with E-state index in [1.165, 1.54) is 31.2 Å². The number of β-lactam (4-membered cyclic amide) rings is 1. The lowest BCUT2D eigenvalue weighted by Crippen LogP contribution is -2.71. The number of amides is 4. The number of aliphatic carboxylic acids is 1. The summed E-state index contributed by atoms with van der Waals surface area (Å²) in [5.41, 5.74) is -0.167. The number of anilines is 1. The van der Waals surface area contributed by atoms with E-state index in [-0.39, 0.29) is 40.2 Å². The van der Waals surface area contributed by atoms with E-state index in [2.05, 4.69) is 26.1 Å². The molecule has 0 radical (unpaired) electrons. The highest BCUT2D eigenvalue weighted by Crippen LogP contribution is 2.40. The van der Waals surface area contributed by atoms with E-state index < -0.39 is 77.7 Å². The van der Waals surface area contributed by atoms with Crippen LogP contribution in [0.15, 0.2) is 82.5 Å². The molecule has 5 rings (SSSR count). The highest BCUT2D eigenvalue weighted by molar-refractivity contribution is 8.00. The van der Waals surface area contributed by atoms with Gasteiger partial charge in [0.1, 0.15) is 48.7 Å². The van der Waals surface area contributed by atoms with Gasteiger partial charge in [-0.1, -0.05) is 65.8 Å². The number of nitrogens with one attached hydrogen (secondary N) is 3. The number of aromatic nitrogens is 1. The number of alkyl carbamates (subject to hydrolysis) is 1. The number of thioether (sulfide) groups is 1. The Hall–Kier alpha value is -6.48. The van der Waals surface area contributed by atoms with Gasteiger partial charge in [0.25, 0.3) is 11.8 Å². The number of benzene rings is 2. The second-order valence-electron chi connectivity index (χ2n) is 13.6. The number of carbonyl (C=O) groups is 7. The minimum absolute atomic E-state index is 0.0692. The van der Waals surface area contributed by atoms with Gasteiger partial charge in [-0.15, -0.1) is 23.1 Å². The summed E-state index contributed by atoms with van der Waals surface area (Å²) in [7, 11) is 1.17. The first-order valence-electron chi connectivity index (χ1n) is 17.7. The Bertz CT molecular complexity index is 2100. The van der Waals surface area contributed by atoms with Gasteiger partial charge in [0, 0.05) is 23.6 Å². The van der Waals surface area contributed by atoms with Crippen LogP contribution in [0.1, 0.15) is 50.6 Å². The zero-order valence-corrected chi connectivity index (χ0v) is 33.9. The maximum Gasteiger partial charge on any atom is 0.413 e. The molecule has 3 atom stereocenters. The van der Waals surface area contributed by atoms with Crippen molar-refractivity contribution in [2.24, 2.45) is 5.16 Å². The van der Waals surface area contributed by atoms with Crippen molar-refractivity contribution >= 4 is 75.9 Å². The van der Waals surface area contributed by atoms with Gasteiger partial charge < -0.3 is 39.5 Å². The van der Waals surface area contributed by atoms with Gasteiger partial charge in [-0.05, 0) is 31.9 Å². The summed E-state index contributed by atoms with van der Waals surface area (Å²) in [5.74, 6) is -4.43. The van der Waals surface area contributed by atoms with Crippen LogP contribution in [-0.4, -0.2) is 112 Å². The van der Waals surface area contributed by atoms with E-state index in [1.807, 2.05) is 12.1 Å². The average molecular weight is 853 g/mol. The van der Waals surface area contributed by atoms with Crippen molar-refractivity contribution in [3.63, 3.8) is 0 Å². The predicted octanol–water partition coefficient (Wildman–Crippen LogP) is 3.57. The molecule has 3 aromatic rings. The first-order valence-corrected chi connectivity index (χ1v) is 19.6. The van der Waals surface area contributed by atoms with Crippen molar-refractivity contribution in [2.45, 2.75) is 56.9 Å². The Kier molecular flexibility index (Phi) is 14.3. The molecule has 0 saturated carbocycles. The van der Waals surface area contributed by atoms with Gasteiger partial charge in [0.2, 0.25) is 0 Å². The molecule has 0 aliphatic carbocycles. The van der Waals surface area contributed by atoms with Gasteiger partial charge in [0.05, 0.1) is 0 Å². The average Bonchev–Trinajstić information content (AvgIpc) is 3.65. The zero-order chi connectivity index (χ0) is 42.9. The van der Waals surface area contributed by atoms with E-state index in [9.17, 15) is 38.7 Å². The summed E-state index contributed by atoms with van der Waals surface area (Å²) in [6.45, 7) is 5.08. The molecular formula is C38H40N6O13S2. The summed E-state index contributed by atoms with van der Waals surface area (Å²) >= 11 is 2.04. The van der Waals surface area contributed by atoms with Gasteiger partial charge in [0.15, 0.2) is 23.0 Å². The standard InChI is InChI=1S/C38H40N6O13S2/c1-20(45)54-16-23-18-58-32-27(31(47)44(32)28(23)33(48)49)41-30(46)26(43-53-5)25-19-59-35(39-25)42-36(51)55-17-24(40-37(52)57-38(2,3)4)34(50)56-29(21-12-8-6-9-13-21)22-14-10-7-11-15-22/h6-15,19,24,27,29,32H,16-18H2,1-5H3,(H,40,52)(H,41,46)(H,48,49)(H,39,42,51)/b43-26+/t24?,27-,32-/m1/s1. The summed E-state index contributed by atoms with van der Waals surface area (Å²) in [6.07, 6.45) is -2.92. The molecule has 2 aliphatic rings. The molecule has 3 heterocycles. The fourth-order valence-electron chi connectivity index (χ4n) is 5.61. The predicted molar refractivity (Wildman–Crippen MR) is 211 cm³/mol. The highest BCUT2D eigenvalue weighted by Gasteiger charge is 2.54. The van der Waals surface area contributed by atoms with Gasteiger partial charge >= 0.3 is 30.1 Å². The van der Waals surface area contributed by atoms with Crippen LogP contribution in [0.5, 0.6) is 0 Å². The summed E-state index contributed by atoms with van der Waals surface area (Å²) in [5, 5.41) is 21.4. The van der Waals surface area contributed by atoms with Crippen LogP contribution < -0.4 is 16.0 Å². The maximum absolute atomic E-state index is 13.6. The number of thiazole rings is 1. The number of hydrogen-bond donors (Lipinski definition) is 4. The van der Waals surface area contributed by atoms with Crippen LogP contribution in [0.2, 0.25) is 0 Å².